The van der Waals surface area contributed by atoms with Gasteiger partial charge in [0, 0.05) is 51.9 Å². The highest BCUT2D eigenvalue weighted by Gasteiger charge is 2.45. The lowest BCUT2D eigenvalue weighted by atomic mass is 9.87. The Hall–Kier alpha value is -2.73. The standard InChI is InChI=1S/C21H25N3O3/c1-16(25)24-11-12-27-21(15-24,20(26)23(2)3)13-17-7-4-5-9-19(17)18-8-6-10-22-14-18/h4-10,14H,11-13,15H2,1-3H3/t21-/m1/s1. The minimum atomic E-state index is -1.09. The Morgan fingerprint density at radius 1 is 1.22 bits per heavy atom. The molecule has 6 heteroatoms. The molecule has 0 saturated carbocycles. The summed E-state index contributed by atoms with van der Waals surface area (Å²) in [5.41, 5.74) is 1.90. The van der Waals surface area contributed by atoms with Gasteiger partial charge < -0.3 is 14.5 Å². The lowest BCUT2D eigenvalue weighted by Gasteiger charge is -2.42. The minimum Gasteiger partial charge on any atom is -0.361 e. The second kappa shape index (κ2) is 7.88. The van der Waals surface area contributed by atoms with Crippen LogP contribution < -0.4 is 0 Å². The Morgan fingerprint density at radius 2 is 2.00 bits per heavy atom. The van der Waals surface area contributed by atoms with Crippen LogP contribution in [0.25, 0.3) is 11.1 Å². The summed E-state index contributed by atoms with van der Waals surface area (Å²) in [5.74, 6) is -0.177. The zero-order valence-corrected chi connectivity index (χ0v) is 16.0. The van der Waals surface area contributed by atoms with Crippen LogP contribution in [0.3, 0.4) is 0 Å². The maximum atomic E-state index is 13.1. The Labute approximate surface area is 159 Å². The summed E-state index contributed by atoms with van der Waals surface area (Å²) < 4.78 is 6.06. The van der Waals surface area contributed by atoms with Gasteiger partial charge in [-0.2, -0.15) is 0 Å². The van der Waals surface area contributed by atoms with E-state index in [1.807, 2.05) is 42.6 Å². The summed E-state index contributed by atoms with van der Waals surface area (Å²) in [6, 6.07) is 11.8. The molecule has 1 aliphatic heterocycles. The van der Waals surface area contributed by atoms with E-state index in [-0.39, 0.29) is 18.4 Å². The third kappa shape index (κ3) is 4.01. The number of pyridine rings is 1. The molecule has 0 radical (unpaired) electrons. The van der Waals surface area contributed by atoms with E-state index in [9.17, 15) is 9.59 Å². The van der Waals surface area contributed by atoms with Crippen molar-refractivity contribution in [3.63, 3.8) is 0 Å². The van der Waals surface area contributed by atoms with E-state index in [2.05, 4.69) is 4.98 Å². The number of aromatic nitrogens is 1. The van der Waals surface area contributed by atoms with Crippen molar-refractivity contribution in [2.75, 3.05) is 33.8 Å². The summed E-state index contributed by atoms with van der Waals surface area (Å²) in [5, 5.41) is 0. The number of carbonyl (C=O) groups is 2. The number of rotatable bonds is 4. The number of hydrogen-bond donors (Lipinski definition) is 0. The average Bonchev–Trinajstić information content (AvgIpc) is 2.68. The maximum Gasteiger partial charge on any atom is 0.256 e. The van der Waals surface area contributed by atoms with Gasteiger partial charge >= 0.3 is 0 Å². The van der Waals surface area contributed by atoms with Crippen molar-refractivity contribution in [1.29, 1.82) is 0 Å². The number of likely N-dealkylation sites (N-methyl/N-ethyl adjacent to an activating group) is 1. The first-order valence-corrected chi connectivity index (χ1v) is 9.02. The van der Waals surface area contributed by atoms with Gasteiger partial charge in [0.15, 0.2) is 5.60 Å². The first-order valence-electron chi connectivity index (χ1n) is 9.02. The number of hydrogen-bond acceptors (Lipinski definition) is 4. The van der Waals surface area contributed by atoms with Crippen molar-refractivity contribution in [2.24, 2.45) is 0 Å². The summed E-state index contributed by atoms with van der Waals surface area (Å²) in [4.78, 5) is 32.5. The molecule has 0 spiro atoms. The Bertz CT molecular complexity index is 822. The van der Waals surface area contributed by atoms with Gasteiger partial charge in [0.25, 0.3) is 5.91 Å². The molecule has 6 nitrogen and oxygen atoms in total. The quantitative estimate of drug-likeness (QED) is 0.829. The molecule has 2 amide bonds. The largest absolute Gasteiger partial charge is 0.361 e. The Morgan fingerprint density at radius 3 is 2.67 bits per heavy atom. The lowest BCUT2D eigenvalue weighted by molar-refractivity contribution is -0.172. The molecule has 142 valence electrons. The molecule has 2 heterocycles. The van der Waals surface area contributed by atoms with Gasteiger partial charge in [-0.3, -0.25) is 14.6 Å². The zero-order chi connectivity index (χ0) is 19.4. The Kier molecular flexibility index (Phi) is 5.56. The van der Waals surface area contributed by atoms with Gasteiger partial charge in [-0.05, 0) is 17.2 Å². The molecule has 1 aliphatic rings. The summed E-state index contributed by atoms with van der Waals surface area (Å²) in [6.07, 6.45) is 3.93. The van der Waals surface area contributed by atoms with E-state index < -0.39 is 5.60 Å². The van der Waals surface area contributed by atoms with Crippen molar-refractivity contribution in [3.05, 3.63) is 54.4 Å². The van der Waals surface area contributed by atoms with Crippen molar-refractivity contribution in [3.8, 4) is 11.1 Å². The molecule has 1 aromatic carbocycles. The number of ether oxygens (including phenoxy) is 1. The molecule has 0 N–H and O–H groups in total. The number of nitrogens with zero attached hydrogens (tertiary/aromatic N) is 3. The molecule has 1 fully saturated rings. The van der Waals surface area contributed by atoms with Gasteiger partial charge in [0.1, 0.15) is 0 Å². The molecule has 0 aliphatic carbocycles. The number of carbonyl (C=O) groups excluding carboxylic acids is 2. The topological polar surface area (TPSA) is 62.7 Å². The van der Waals surface area contributed by atoms with Crippen LogP contribution in [0.2, 0.25) is 0 Å². The molecule has 0 unspecified atom stereocenters. The molecule has 3 rings (SSSR count). The van der Waals surface area contributed by atoms with E-state index >= 15 is 0 Å². The van der Waals surface area contributed by atoms with Gasteiger partial charge in [0.2, 0.25) is 5.91 Å². The van der Waals surface area contributed by atoms with E-state index in [1.165, 1.54) is 11.8 Å². The predicted octanol–water partition coefficient (Wildman–Crippen LogP) is 2.00. The fourth-order valence-corrected chi connectivity index (χ4v) is 3.56. The van der Waals surface area contributed by atoms with Crippen molar-refractivity contribution in [2.45, 2.75) is 18.9 Å². The fourth-order valence-electron chi connectivity index (χ4n) is 3.56. The zero-order valence-electron chi connectivity index (χ0n) is 16.0. The maximum absolute atomic E-state index is 13.1. The summed E-state index contributed by atoms with van der Waals surface area (Å²) >= 11 is 0. The highest BCUT2D eigenvalue weighted by Crippen LogP contribution is 2.31. The fraction of sp³-hybridized carbons (Fsp3) is 0.381. The number of amides is 2. The lowest BCUT2D eigenvalue weighted by Crippen LogP contribution is -2.61. The third-order valence-electron chi connectivity index (χ3n) is 4.89. The second-order valence-electron chi connectivity index (χ2n) is 7.06. The van der Waals surface area contributed by atoms with E-state index in [0.717, 1.165) is 16.7 Å². The van der Waals surface area contributed by atoms with Crippen molar-refractivity contribution >= 4 is 11.8 Å². The number of morpholine rings is 1. The van der Waals surface area contributed by atoms with Gasteiger partial charge in [0.05, 0.1) is 13.2 Å². The van der Waals surface area contributed by atoms with Crippen LogP contribution in [0.15, 0.2) is 48.8 Å². The first-order chi connectivity index (χ1) is 12.9. The van der Waals surface area contributed by atoms with Crippen LogP contribution >= 0.6 is 0 Å². The monoisotopic (exact) mass is 367 g/mol. The van der Waals surface area contributed by atoms with Crippen LogP contribution in [0.1, 0.15) is 12.5 Å². The van der Waals surface area contributed by atoms with Crippen LogP contribution in [0.5, 0.6) is 0 Å². The van der Waals surface area contributed by atoms with E-state index in [4.69, 9.17) is 4.74 Å². The molecule has 1 aromatic heterocycles. The summed E-state index contributed by atoms with van der Waals surface area (Å²) in [6.45, 7) is 2.62. The molecule has 1 saturated heterocycles. The van der Waals surface area contributed by atoms with E-state index in [1.54, 1.807) is 25.2 Å². The van der Waals surface area contributed by atoms with E-state index in [0.29, 0.717) is 19.6 Å². The third-order valence-corrected chi connectivity index (χ3v) is 4.89. The van der Waals surface area contributed by atoms with Gasteiger partial charge in [-0.25, -0.2) is 0 Å². The molecular weight excluding hydrogens is 342 g/mol. The highest BCUT2D eigenvalue weighted by molar-refractivity contribution is 5.87. The molecule has 0 bridgehead atoms. The molecular formula is C21H25N3O3. The SMILES string of the molecule is CC(=O)N1CCO[C@@](Cc2ccccc2-c2cccnc2)(C(=O)N(C)C)C1. The highest BCUT2D eigenvalue weighted by atomic mass is 16.5. The van der Waals surface area contributed by atoms with Crippen LogP contribution in [-0.4, -0.2) is 66.0 Å². The van der Waals surface area contributed by atoms with Gasteiger partial charge in [-0.15, -0.1) is 0 Å². The van der Waals surface area contributed by atoms with Gasteiger partial charge in [-0.1, -0.05) is 30.3 Å². The smallest absolute Gasteiger partial charge is 0.256 e. The normalized spacial score (nSPS) is 19.6. The molecule has 27 heavy (non-hydrogen) atoms. The average molecular weight is 367 g/mol. The predicted molar refractivity (Wildman–Crippen MR) is 103 cm³/mol. The van der Waals surface area contributed by atoms with Crippen molar-refractivity contribution < 1.29 is 14.3 Å². The van der Waals surface area contributed by atoms with Crippen LogP contribution in [-0.2, 0) is 20.7 Å². The molecule has 2 aromatic rings. The minimum absolute atomic E-state index is 0.0465. The Balaban J connectivity index is 2.01. The van der Waals surface area contributed by atoms with Crippen LogP contribution in [0, 0.1) is 0 Å². The van der Waals surface area contributed by atoms with Crippen molar-refractivity contribution in [1.82, 2.24) is 14.8 Å². The molecule has 1 atom stereocenters. The summed E-state index contributed by atoms with van der Waals surface area (Å²) in [7, 11) is 3.43. The second-order valence-corrected chi connectivity index (χ2v) is 7.06. The number of benzene rings is 1. The first kappa shape index (κ1) is 19.0. The van der Waals surface area contributed by atoms with Crippen LogP contribution in [0.4, 0.5) is 0 Å².